The highest BCUT2D eigenvalue weighted by Gasteiger charge is 2.20. The molecule has 0 saturated heterocycles. The van der Waals surface area contributed by atoms with Crippen LogP contribution in [0, 0.1) is 13.8 Å². The number of carbonyl (C=O) groups is 1. The van der Waals surface area contributed by atoms with Crippen LogP contribution < -0.4 is 10.9 Å². The molecular weight excluding hydrogens is 412 g/mol. The van der Waals surface area contributed by atoms with Gasteiger partial charge in [0.2, 0.25) is 5.91 Å². The summed E-state index contributed by atoms with van der Waals surface area (Å²) in [6.07, 6.45) is 0. The summed E-state index contributed by atoms with van der Waals surface area (Å²) in [5.41, 5.74) is 2.61. The minimum Gasteiger partial charge on any atom is -0.360 e. The van der Waals surface area contributed by atoms with Crippen molar-refractivity contribution >= 4 is 34.4 Å². The third-order valence-corrected chi connectivity index (χ3v) is 5.91. The second-order valence-corrected chi connectivity index (χ2v) is 8.67. The quantitative estimate of drug-likeness (QED) is 0.362. The maximum absolute atomic E-state index is 13.3. The summed E-state index contributed by atoms with van der Waals surface area (Å²) < 4.78 is 6.62. The highest BCUT2D eigenvalue weighted by atomic mass is 32.2. The first-order chi connectivity index (χ1) is 14.9. The molecule has 0 saturated carbocycles. The van der Waals surface area contributed by atoms with Gasteiger partial charge >= 0.3 is 0 Å². The molecule has 2 aromatic heterocycles. The maximum Gasteiger partial charge on any atom is 0.262 e. The molecule has 1 atom stereocenters. The van der Waals surface area contributed by atoms with Crippen LogP contribution in [0.3, 0.4) is 0 Å². The molecular formula is C23H22N4O3S. The van der Waals surface area contributed by atoms with Crippen molar-refractivity contribution in [2.75, 3.05) is 5.32 Å². The second-order valence-electron chi connectivity index (χ2n) is 7.36. The molecule has 0 aliphatic rings. The minimum absolute atomic E-state index is 0.131. The summed E-state index contributed by atoms with van der Waals surface area (Å²) in [7, 11) is 0. The smallest absolute Gasteiger partial charge is 0.262 e. The summed E-state index contributed by atoms with van der Waals surface area (Å²) in [5, 5.41) is 7.06. The summed E-state index contributed by atoms with van der Waals surface area (Å²) >= 11 is 1.24. The molecule has 0 aliphatic carbocycles. The van der Waals surface area contributed by atoms with Crippen LogP contribution >= 0.6 is 11.8 Å². The molecule has 2 aromatic carbocycles. The topological polar surface area (TPSA) is 90.0 Å². The number of amides is 1. The molecule has 2 heterocycles. The lowest BCUT2D eigenvalue weighted by Gasteiger charge is -2.16. The predicted molar refractivity (Wildman–Crippen MR) is 121 cm³/mol. The van der Waals surface area contributed by atoms with Gasteiger partial charge in [-0.05, 0) is 38.5 Å². The van der Waals surface area contributed by atoms with Crippen LogP contribution in [0.15, 0.2) is 69.1 Å². The second kappa shape index (κ2) is 8.77. The Kier molecular flexibility index (Phi) is 5.90. The van der Waals surface area contributed by atoms with Crippen molar-refractivity contribution in [1.29, 1.82) is 0 Å². The Bertz CT molecular complexity index is 1290. The van der Waals surface area contributed by atoms with Crippen LogP contribution in [0.1, 0.15) is 23.8 Å². The minimum atomic E-state index is -0.505. The summed E-state index contributed by atoms with van der Waals surface area (Å²) in [5.74, 6) is 0.722. The highest BCUT2D eigenvalue weighted by Crippen LogP contribution is 2.24. The van der Waals surface area contributed by atoms with E-state index < -0.39 is 5.25 Å². The molecule has 31 heavy (non-hydrogen) atoms. The van der Waals surface area contributed by atoms with Gasteiger partial charge in [0.15, 0.2) is 11.0 Å². The molecule has 0 bridgehead atoms. The Labute approximate surface area is 183 Å². The normalized spacial score (nSPS) is 12.1. The first-order valence-corrected chi connectivity index (χ1v) is 10.7. The Morgan fingerprint density at radius 1 is 1.16 bits per heavy atom. The third-order valence-electron chi connectivity index (χ3n) is 4.82. The lowest BCUT2D eigenvalue weighted by Crippen LogP contribution is -2.27. The number of thioether (sulfide) groups is 1. The monoisotopic (exact) mass is 434 g/mol. The van der Waals surface area contributed by atoms with Crippen molar-refractivity contribution in [2.24, 2.45) is 0 Å². The van der Waals surface area contributed by atoms with Gasteiger partial charge in [-0.1, -0.05) is 58.9 Å². The summed E-state index contributed by atoms with van der Waals surface area (Å²) in [6, 6.07) is 16.9. The number of benzene rings is 2. The zero-order valence-electron chi connectivity index (χ0n) is 17.5. The fourth-order valence-corrected chi connectivity index (χ4v) is 4.03. The number of aryl methyl sites for hydroxylation is 2. The van der Waals surface area contributed by atoms with Crippen molar-refractivity contribution < 1.29 is 9.32 Å². The standard InChI is InChI=1S/C23H22N4O3S/c1-14-8-10-17(11-9-14)13-27-22(29)18-6-4-5-7-19(18)24-23(27)31-16(3)21(28)25-20-12-15(2)30-26-20/h4-12,16H,13H2,1-3H3,(H,25,26,28). The summed E-state index contributed by atoms with van der Waals surface area (Å²) in [4.78, 5) is 30.6. The van der Waals surface area contributed by atoms with E-state index in [9.17, 15) is 9.59 Å². The summed E-state index contributed by atoms with van der Waals surface area (Å²) in [6.45, 7) is 5.91. The Balaban J connectivity index is 1.67. The number of nitrogens with zero attached hydrogens (tertiary/aromatic N) is 3. The van der Waals surface area contributed by atoms with Crippen LogP contribution in [-0.2, 0) is 11.3 Å². The molecule has 0 fully saturated rings. The lowest BCUT2D eigenvalue weighted by atomic mass is 10.1. The van der Waals surface area contributed by atoms with E-state index in [0.29, 0.717) is 34.2 Å². The average Bonchev–Trinajstić information content (AvgIpc) is 3.16. The van der Waals surface area contributed by atoms with E-state index in [1.54, 1.807) is 36.6 Å². The van der Waals surface area contributed by atoms with E-state index in [1.165, 1.54) is 11.8 Å². The van der Waals surface area contributed by atoms with Gasteiger partial charge in [0.05, 0.1) is 22.7 Å². The molecule has 0 radical (unpaired) electrons. The van der Waals surface area contributed by atoms with Gasteiger partial charge in [0.1, 0.15) is 5.76 Å². The first kappa shape index (κ1) is 20.9. The van der Waals surface area contributed by atoms with E-state index in [4.69, 9.17) is 9.51 Å². The third kappa shape index (κ3) is 4.69. The van der Waals surface area contributed by atoms with Gasteiger partial charge in [0, 0.05) is 6.07 Å². The first-order valence-electron chi connectivity index (χ1n) is 9.86. The Morgan fingerprint density at radius 3 is 2.61 bits per heavy atom. The molecule has 1 unspecified atom stereocenters. The number of para-hydroxylation sites is 1. The van der Waals surface area contributed by atoms with Crippen molar-refractivity contribution in [1.82, 2.24) is 14.7 Å². The average molecular weight is 435 g/mol. The highest BCUT2D eigenvalue weighted by molar-refractivity contribution is 8.00. The van der Waals surface area contributed by atoms with Gasteiger partial charge in [0.25, 0.3) is 5.56 Å². The molecule has 0 spiro atoms. The lowest BCUT2D eigenvalue weighted by molar-refractivity contribution is -0.115. The number of rotatable bonds is 6. The number of anilines is 1. The number of fused-ring (bicyclic) bond motifs is 1. The van der Waals surface area contributed by atoms with Crippen molar-refractivity contribution in [3.63, 3.8) is 0 Å². The van der Waals surface area contributed by atoms with E-state index in [2.05, 4.69) is 10.5 Å². The van der Waals surface area contributed by atoms with Gasteiger partial charge in [-0.25, -0.2) is 4.98 Å². The molecule has 7 nitrogen and oxygen atoms in total. The van der Waals surface area contributed by atoms with E-state index in [1.807, 2.05) is 43.3 Å². The molecule has 1 N–H and O–H groups in total. The zero-order valence-corrected chi connectivity index (χ0v) is 18.3. The number of nitrogens with one attached hydrogen (secondary N) is 1. The predicted octanol–water partition coefficient (Wildman–Crippen LogP) is 4.17. The molecule has 158 valence electrons. The SMILES string of the molecule is Cc1ccc(Cn2c(SC(C)C(=O)Nc3cc(C)on3)nc3ccccc3c2=O)cc1. The molecule has 4 aromatic rings. The van der Waals surface area contributed by atoms with Crippen LogP contribution in [0.4, 0.5) is 5.82 Å². The molecule has 1 amide bonds. The van der Waals surface area contributed by atoms with Crippen LogP contribution in [0.5, 0.6) is 0 Å². The van der Waals surface area contributed by atoms with E-state index in [0.717, 1.165) is 11.1 Å². The largest absolute Gasteiger partial charge is 0.360 e. The van der Waals surface area contributed by atoms with Crippen LogP contribution in [0.2, 0.25) is 0 Å². The van der Waals surface area contributed by atoms with Gasteiger partial charge in [-0.15, -0.1) is 0 Å². The number of carbonyl (C=O) groups excluding carboxylic acids is 1. The number of hydrogen-bond donors (Lipinski definition) is 1. The van der Waals surface area contributed by atoms with E-state index >= 15 is 0 Å². The Morgan fingerprint density at radius 2 is 1.90 bits per heavy atom. The molecule has 0 aliphatic heterocycles. The van der Waals surface area contributed by atoms with Crippen molar-refractivity contribution in [2.45, 2.75) is 37.7 Å². The van der Waals surface area contributed by atoms with Gasteiger partial charge in [-0.2, -0.15) is 0 Å². The number of aromatic nitrogens is 3. The zero-order chi connectivity index (χ0) is 22.0. The van der Waals surface area contributed by atoms with E-state index in [-0.39, 0.29) is 11.5 Å². The molecule has 4 rings (SSSR count). The van der Waals surface area contributed by atoms with Crippen molar-refractivity contribution in [3.05, 3.63) is 81.8 Å². The van der Waals surface area contributed by atoms with Gasteiger partial charge < -0.3 is 9.84 Å². The molecule has 8 heteroatoms. The van der Waals surface area contributed by atoms with Crippen molar-refractivity contribution in [3.8, 4) is 0 Å². The Hall–Kier alpha value is -3.39. The fourth-order valence-electron chi connectivity index (χ4n) is 3.12. The van der Waals surface area contributed by atoms with Gasteiger partial charge in [-0.3, -0.25) is 14.2 Å². The van der Waals surface area contributed by atoms with Crippen LogP contribution in [0.25, 0.3) is 10.9 Å². The van der Waals surface area contributed by atoms with Crippen LogP contribution in [-0.4, -0.2) is 25.9 Å². The number of hydrogen-bond acceptors (Lipinski definition) is 6. The fraction of sp³-hybridized carbons (Fsp3) is 0.217. The maximum atomic E-state index is 13.3.